The third-order valence-electron chi connectivity index (χ3n) is 4.15. The first-order chi connectivity index (χ1) is 15.3. The Balaban J connectivity index is 1.81. The molecule has 32 heavy (non-hydrogen) atoms. The van der Waals surface area contributed by atoms with Crippen LogP contribution in [0, 0.1) is 3.57 Å². The summed E-state index contributed by atoms with van der Waals surface area (Å²) < 4.78 is 17.0. The Morgan fingerprint density at radius 3 is 2.78 bits per heavy atom. The first-order valence-electron chi connectivity index (χ1n) is 9.41. The molecule has 0 aliphatic carbocycles. The van der Waals surface area contributed by atoms with E-state index in [1.807, 2.05) is 29.5 Å². The summed E-state index contributed by atoms with van der Waals surface area (Å²) in [4.78, 5) is 23.9. The van der Waals surface area contributed by atoms with Crippen LogP contribution < -0.4 is 24.8 Å². The van der Waals surface area contributed by atoms with Crippen molar-refractivity contribution in [1.29, 1.82) is 0 Å². The van der Waals surface area contributed by atoms with Gasteiger partial charge < -0.3 is 30.0 Å². The Morgan fingerprint density at radius 1 is 1.31 bits per heavy atom. The summed E-state index contributed by atoms with van der Waals surface area (Å²) in [7, 11) is 1.56. The van der Waals surface area contributed by atoms with E-state index in [1.54, 1.807) is 43.5 Å². The molecule has 1 amide bonds. The summed E-state index contributed by atoms with van der Waals surface area (Å²) in [5.41, 5.74) is 0.969. The van der Waals surface area contributed by atoms with Crippen LogP contribution >= 0.6 is 46.0 Å². The molecule has 0 bridgehead atoms. The van der Waals surface area contributed by atoms with Crippen LogP contribution in [0.4, 0.5) is 5.69 Å². The van der Waals surface area contributed by atoms with Crippen molar-refractivity contribution >= 4 is 69.6 Å². The van der Waals surface area contributed by atoms with Crippen LogP contribution in [0.5, 0.6) is 17.2 Å². The molecular formula is C21H20ClIN2O6S. The Morgan fingerprint density at radius 2 is 2.09 bits per heavy atom. The molecular weight excluding hydrogens is 571 g/mol. The number of methoxy groups -OCH3 is 1. The van der Waals surface area contributed by atoms with Gasteiger partial charge in [-0.25, -0.2) is 4.79 Å². The molecule has 1 fully saturated rings. The number of halogens is 2. The van der Waals surface area contributed by atoms with E-state index in [4.69, 9.17) is 30.9 Å². The van der Waals surface area contributed by atoms with Gasteiger partial charge in [-0.15, -0.1) is 0 Å². The number of rotatable bonds is 9. The van der Waals surface area contributed by atoms with Crippen molar-refractivity contribution in [2.75, 3.05) is 25.6 Å². The molecule has 1 heterocycles. The number of anilines is 1. The number of ether oxygens (including phenoxy) is 3. The van der Waals surface area contributed by atoms with Gasteiger partial charge in [0.1, 0.15) is 5.75 Å². The van der Waals surface area contributed by atoms with Crippen LogP contribution in [0.3, 0.4) is 0 Å². The molecule has 8 nitrogen and oxygen atoms in total. The van der Waals surface area contributed by atoms with Gasteiger partial charge in [-0.3, -0.25) is 4.79 Å². The van der Waals surface area contributed by atoms with Gasteiger partial charge in [-0.1, -0.05) is 23.4 Å². The molecule has 170 valence electrons. The summed E-state index contributed by atoms with van der Waals surface area (Å²) in [5.74, 6) is 0.0629. The van der Waals surface area contributed by atoms with Gasteiger partial charge in [0.15, 0.2) is 23.6 Å². The molecule has 11 heteroatoms. The van der Waals surface area contributed by atoms with Crippen LogP contribution in [0.1, 0.15) is 12.5 Å². The van der Waals surface area contributed by atoms with Crippen molar-refractivity contribution in [3.05, 3.63) is 49.4 Å². The van der Waals surface area contributed by atoms with Crippen molar-refractivity contribution in [3.63, 3.8) is 0 Å². The second-order valence-electron chi connectivity index (χ2n) is 6.41. The molecule has 1 aliphatic rings. The standard InChI is InChI=1S/C21H20ClIN2O6S/c1-3-30-16-7-11(6-13(23)19(16)31-10-18(26)27)8-17-20(28)25-21(32-17)24-14-9-12(22)4-5-15(14)29-2/h4-9,21,24H,3,10H2,1-2H3,(H,25,28)(H,26,27)/b17-8-. The highest BCUT2D eigenvalue weighted by atomic mass is 127. The van der Waals surface area contributed by atoms with Crippen molar-refractivity contribution in [2.45, 2.75) is 12.4 Å². The lowest BCUT2D eigenvalue weighted by molar-refractivity contribution is -0.139. The van der Waals surface area contributed by atoms with Gasteiger partial charge in [-0.05, 0) is 71.5 Å². The number of hydrogen-bond donors (Lipinski definition) is 3. The van der Waals surface area contributed by atoms with E-state index < -0.39 is 18.1 Å². The van der Waals surface area contributed by atoms with E-state index in [9.17, 15) is 9.59 Å². The summed E-state index contributed by atoms with van der Waals surface area (Å²) in [5, 5.41) is 15.5. The van der Waals surface area contributed by atoms with Gasteiger partial charge in [0.2, 0.25) is 0 Å². The molecule has 0 spiro atoms. The maximum absolute atomic E-state index is 12.5. The Hall–Kier alpha value is -2.31. The van der Waals surface area contributed by atoms with E-state index in [2.05, 4.69) is 10.6 Å². The number of nitrogens with one attached hydrogen (secondary N) is 2. The maximum Gasteiger partial charge on any atom is 0.341 e. The number of aliphatic carboxylic acids is 1. The second-order valence-corrected chi connectivity index (χ2v) is 9.16. The zero-order valence-electron chi connectivity index (χ0n) is 17.1. The third-order valence-corrected chi connectivity index (χ3v) is 6.21. The fourth-order valence-corrected chi connectivity index (χ4v) is 4.79. The molecule has 3 rings (SSSR count). The smallest absolute Gasteiger partial charge is 0.341 e. The highest BCUT2D eigenvalue weighted by Crippen LogP contribution is 2.37. The Labute approximate surface area is 207 Å². The number of amides is 1. The molecule has 2 aromatic rings. The first kappa shape index (κ1) is 24.3. The minimum Gasteiger partial charge on any atom is -0.495 e. The van der Waals surface area contributed by atoms with Crippen molar-refractivity contribution in [2.24, 2.45) is 0 Å². The van der Waals surface area contributed by atoms with Crippen molar-refractivity contribution in [1.82, 2.24) is 5.32 Å². The van der Waals surface area contributed by atoms with Crippen LogP contribution in [-0.2, 0) is 9.59 Å². The fraction of sp³-hybridized carbons (Fsp3) is 0.238. The number of carboxylic acids is 1. The van der Waals surface area contributed by atoms with Crippen molar-refractivity contribution < 1.29 is 28.9 Å². The topological polar surface area (TPSA) is 106 Å². The molecule has 1 aliphatic heterocycles. The van der Waals surface area contributed by atoms with Gasteiger partial charge in [0, 0.05) is 5.02 Å². The Kier molecular flexibility index (Phi) is 8.38. The van der Waals surface area contributed by atoms with Crippen molar-refractivity contribution in [3.8, 4) is 17.2 Å². The Bertz CT molecular complexity index is 1060. The van der Waals surface area contributed by atoms with E-state index in [0.717, 1.165) is 5.56 Å². The number of hydrogen-bond acceptors (Lipinski definition) is 7. The zero-order chi connectivity index (χ0) is 23.3. The monoisotopic (exact) mass is 590 g/mol. The predicted molar refractivity (Wildman–Crippen MR) is 133 cm³/mol. The highest BCUT2D eigenvalue weighted by molar-refractivity contribution is 14.1. The average molecular weight is 591 g/mol. The SMILES string of the molecule is CCOc1cc(/C=C2\SC(Nc3cc(Cl)ccc3OC)NC2=O)cc(I)c1OCC(=O)O. The minimum atomic E-state index is -1.08. The summed E-state index contributed by atoms with van der Waals surface area (Å²) in [6, 6.07) is 8.69. The molecule has 1 unspecified atom stereocenters. The zero-order valence-corrected chi connectivity index (χ0v) is 20.8. The lowest BCUT2D eigenvalue weighted by Gasteiger charge is -2.16. The van der Waals surface area contributed by atoms with Gasteiger partial charge >= 0.3 is 5.97 Å². The molecule has 0 aromatic heterocycles. The fourth-order valence-electron chi connectivity index (χ4n) is 2.86. The number of benzene rings is 2. The van der Waals surface area contributed by atoms with E-state index in [-0.39, 0.29) is 5.91 Å². The highest BCUT2D eigenvalue weighted by Gasteiger charge is 2.28. The number of thioether (sulfide) groups is 1. The summed E-state index contributed by atoms with van der Waals surface area (Å²) in [6.45, 7) is 1.72. The molecule has 0 radical (unpaired) electrons. The van der Waals surface area contributed by atoms with E-state index in [1.165, 1.54) is 11.8 Å². The maximum atomic E-state index is 12.5. The minimum absolute atomic E-state index is 0.229. The molecule has 1 atom stereocenters. The second kappa shape index (κ2) is 11.0. The molecule has 1 saturated heterocycles. The van der Waals surface area contributed by atoms with E-state index in [0.29, 0.717) is 43.0 Å². The van der Waals surface area contributed by atoms with E-state index >= 15 is 0 Å². The van der Waals surface area contributed by atoms with Crippen LogP contribution in [0.2, 0.25) is 5.02 Å². The van der Waals surface area contributed by atoms with Gasteiger partial charge in [0.05, 0.1) is 27.9 Å². The van der Waals surface area contributed by atoms with Crippen LogP contribution in [0.25, 0.3) is 6.08 Å². The normalized spacial score (nSPS) is 16.6. The van der Waals surface area contributed by atoms with Crippen LogP contribution in [-0.4, -0.2) is 42.8 Å². The number of carboxylic acid groups (broad SMARTS) is 1. The lowest BCUT2D eigenvalue weighted by Crippen LogP contribution is -2.31. The summed E-state index contributed by atoms with van der Waals surface area (Å²) >= 11 is 9.44. The largest absolute Gasteiger partial charge is 0.495 e. The van der Waals surface area contributed by atoms with Gasteiger partial charge in [-0.2, -0.15) is 0 Å². The average Bonchev–Trinajstić information content (AvgIpc) is 3.06. The quantitative estimate of drug-likeness (QED) is 0.291. The number of carbonyl (C=O) groups excluding carboxylic acids is 1. The summed E-state index contributed by atoms with van der Waals surface area (Å²) in [6.07, 6.45) is 1.74. The lowest BCUT2D eigenvalue weighted by atomic mass is 10.2. The predicted octanol–water partition coefficient (Wildman–Crippen LogP) is 4.41. The molecule has 0 saturated carbocycles. The molecule has 2 aromatic carbocycles. The van der Waals surface area contributed by atoms with Crippen LogP contribution in [0.15, 0.2) is 35.2 Å². The number of carbonyl (C=O) groups is 2. The molecule has 3 N–H and O–H groups in total. The first-order valence-corrected chi connectivity index (χ1v) is 11.7. The third kappa shape index (κ3) is 6.14. The van der Waals surface area contributed by atoms with Gasteiger partial charge in [0.25, 0.3) is 5.91 Å².